The van der Waals surface area contributed by atoms with Gasteiger partial charge in [0.25, 0.3) is 0 Å². The number of rotatable bonds is 4. The first-order valence-corrected chi connectivity index (χ1v) is 7.45. The Morgan fingerprint density at radius 3 is 2.65 bits per heavy atom. The molecule has 0 aliphatic heterocycles. The molecule has 90 valence electrons. The van der Waals surface area contributed by atoms with Crippen molar-refractivity contribution in [2.24, 2.45) is 5.73 Å². The lowest BCUT2D eigenvalue weighted by atomic mass is 10.2. The van der Waals surface area contributed by atoms with Gasteiger partial charge in [-0.15, -0.1) is 23.1 Å². The summed E-state index contributed by atoms with van der Waals surface area (Å²) >= 11 is 3.64. The zero-order valence-corrected chi connectivity index (χ0v) is 11.7. The molecule has 1 heterocycles. The van der Waals surface area contributed by atoms with Gasteiger partial charge in [-0.2, -0.15) is 0 Å². The Bertz CT molecular complexity index is 463. The fourth-order valence-corrected chi connectivity index (χ4v) is 3.96. The van der Waals surface area contributed by atoms with Crippen molar-refractivity contribution < 1.29 is 0 Å². The SMILES string of the molecule is Cc1cccc(SC(c2cccs2)C(C)N)c1. The van der Waals surface area contributed by atoms with Gasteiger partial charge in [0.05, 0.1) is 5.25 Å². The Morgan fingerprint density at radius 1 is 1.24 bits per heavy atom. The van der Waals surface area contributed by atoms with E-state index in [9.17, 15) is 0 Å². The highest BCUT2D eigenvalue weighted by atomic mass is 32.2. The predicted molar refractivity (Wildman–Crippen MR) is 77.7 cm³/mol. The molecule has 0 bridgehead atoms. The van der Waals surface area contributed by atoms with Crippen LogP contribution in [0.3, 0.4) is 0 Å². The molecule has 1 aromatic heterocycles. The molecule has 0 aliphatic carbocycles. The van der Waals surface area contributed by atoms with Gasteiger partial charge in [0.1, 0.15) is 0 Å². The van der Waals surface area contributed by atoms with E-state index in [2.05, 4.69) is 55.6 Å². The second-order valence-corrected chi connectivity index (χ2v) is 6.42. The van der Waals surface area contributed by atoms with Crippen molar-refractivity contribution in [3.05, 3.63) is 52.2 Å². The van der Waals surface area contributed by atoms with Crippen LogP contribution in [0.1, 0.15) is 22.6 Å². The number of thioether (sulfide) groups is 1. The largest absolute Gasteiger partial charge is 0.327 e. The number of hydrogen-bond donors (Lipinski definition) is 1. The van der Waals surface area contributed by atoms with Crippen LogP contribution >= 0.6 is 23.1 Å². The first-order valence-electron chi connectivity index (χ1n) is 5.69. The molecule has 0 radical (unpaired) electrons. The smallest absolute Gasteiger partial charge is 0.0586 e. The molecular formula is C14H17NS2. The fourth-order valence-electron chi connectivity index (χ4n) is 1.71. The summed E-state index contributed by atoms with van der Waals surface area (Å²) in [6, 6.07) is 13.0. The van der Waals surface area contributed by atoms with Gasteiger partial charge in [0, 0.05) is 15.8 Å². The van der Waals surface area contributed by atoms with E-state index in [0.29, 0.717) is 5.25 Å². The zero-order chi connectivity index (χ0) is 12.3. The number of nitrogens with two attached hydrogens (primary N) is 1. The maximum Gasteiger partial charge on any atom is 0.0586 e. The van der Waals surface area contributed by atoms with Crippen LogP contribution in [-0.2, 0) is 0 Å². The highest BCUT2D eigenvalue weighted by Gasteiger charge is 2.18. The molecule has 0 amide bonds. The van der Waals surface area contributed by atoms with Crippen molar-refractivity contribution in [1.29, 1.82) is 0 Å². The number of benzene rings is 1. The minimum atomic E-state index is 0.152. The van der Waals surface area contributed by atoms with E-state index in [1.165, 1.54) is 15.3 Å². The van der Waals surface area contributed by atoms with Gasteiger partial charge in [-0.1, -0.05) is 23.8 Å². The van der Waals surface area contributed by atoms with Gasteiger partial charge in [0.15, 0.2) is 0 Å². The Labute approximate surface area is 111 Å². The van der Waals surface area contributed by atoms with E-state index in [4.69, 9.17) is 5.73 Å². The summed E-state index contributed by atoms with van der Waals surface area (Å²) in [6.45, 7) is 4.20. The highest BCUT2D eigenvalue weighted by molar-refractivity contribution is 7.99. The second kappa shape index (κ2) is 5.71. The Morgan fingerprint density at radius 2 is 2.06 bits per heavy atom. The molecule has 2 aromatic rings. The van der Waals surface area contributed by atoms with Crippen LogP contribution in [-0.4, -0.2) is 6.04 Å². The van der Waals surface area contributed by atoms with Gasteiger partial charge in [0.2, 0.25) is 0 Å². The topological polar surface area (TPSA) is 26.0 Å². The second-order valence-electron chi connectivity index (χ2n) is 4.23. The van der Waals surface area contributed by atoms with Gasteiger partial charge in [-0.05, 0) is 37.4 Å². The van der Waals surface area contributed by atoms with E-state index in [0.717, 1.165) is 0 Å². The summed E-state index contributed by atoms with van der Waals surface area (Å²) in [6.07, 6.45) is 0. The molecular weight excluding hydrogens is 246 g/mol. The van der Waals surface area contributed by atoms with Crippen LogP contribution in [0, 0.1) is 6.92 Å². The third-order valence-corrected chi connectivity index (χ3v) is 5.12. The number of thiophene rings is 1. The van der Waals surface area contributed by atoms with Gasteiger partial charge >= 0.3 is 0 Å². The molecule has 1 aromatic carbocycles. The normalized spacial score (nSPS) is 14.5. The maximum atomic E-state index is 6.10. The first kappa shape index (κ1) is 12.7. The van der Waals surface area contributed by atoms with Crippen molar-refractivity contribution in [3.63, 3.8) is 0 Å². The summed E-state index contributed by atoms with van der Waals surface area (Å²) in [7, 11) is 0. The predicted octanol–water partition coefficient (Wildman–Crippen LogP) is 4.24. The van der Waals surface area contributed by atoms with Crippen molar-refractivity contribution >= 4 is 23.1 Å². The van der Waals surface area contributed by atoms with Crippen molar-refractivity contribution in [3.8, 4) is 0 Å². The molecule has 2 N–H and O–H groups in total. The van der Waals surface area contributed by atoms with Crippen LogP contribution in [0.15, 0.2) is 46.7 Å². The lowest BCUT2D eigenvalue weighted by molar-refractivity contribution is 0.730. The van der Waals surface area contributed by atoms with Crippen LogP contribution < -0.4 is 5.73 Å². The molecule has 2 unspecified atom stereocenters. The minimum absolute atomic E-state index is 0.152. The van der Waals surface area contributed by atoms with Crippen molar-refractivity contribution in [1.82, 2.24) is 0 Å². The Hall–Kier alpha value is -0.770. The number of aryl methyl sites for hydroxylation is 1. The maximum absolute atomic E-state index is 6.10. The fraction of sp³-hybridized carbons (Fsp3) is 0.286. The molecule has 0 aliphatic rings. The monoisotopic (exact) mass is 263 g/mol. The van der Waals surface area contributed by atoms with Crippen LogP contribution in [0.4, 0.5) is 0 Å². The van der Waals surface area contributed by atoms with Crippen molar-refractivity contribution in [2.45, 2.75) is 30.0 Å². The quantitative estimate of drug-likeness (QED) is 0.835. The number of hydrogen-bond acceptors (Lipinski definition) is 3. The summed E-state index contributed by atoms with van der Waals surface area (Å²) < 4.78 is 0. The van der Waals surface area contributed by atoms with E-state index in [-0.39, 0.29) is 6.04 Å². The average molecular weight is 263 g/mol. The lowest BCUT2D eigenvalue weighted by Gasteiger charge is -2.19. The summed E-state index contributed by atoms with van der Waals surface area (Å²) in [4.78, 5) is 2.65. The molecule has 0 spiro atoms. The third kappa shape index (κ3) is 3.35. The van der Waals surface area contributed by atoms with E-state index in [1.807, 2.05) is 11.8 Å². The van der Waals surface area contributed by atoms with E-state index >= 15 is 0 Å². The molecule has 0 saturated heterocycles. The van der Waals surface area contributed by atoms with E-state index < -0.39 is 0 Å². The first-order chi connectivity index (χ1) is 8.16. The van der Waals surface area contributed by atoms with Crippen LogP contribution in [0.2, 0.25) is 0 Å². The standard InChI is InChI=1S/C14H17NS2/c1-10-5-3-6-12(9-10)17-14(11(2)15)13-7-4-8-16-13/h3-9,11,14H,15H2,1-2H3. The lowest BCUT2D eigenvalue weighted by Crippen LogP contribution is -2.21. The summed E-state index contributed by atoms with van der Waals surface area (Å²) in [5.41, 5.74) is 7.40. The molecule has 3 heteroatoms. The zero-order valence-electron chi connectivity index (χ0n) is 10.1. The molecule has 0 saturated carbocycles. The van der Waals surface area contributed by atoms with E-state index in [1.54, 1.807) is 11.3 Å². The molecule has 0 fully saturated rings. The minimum Gasteiger partial charge on any atom is -0.327 e. The molecule has 1 nitrogen and oxygen atoms in total. The molecule has 2 rings (SSSR count). The summed E-state index contributed by atoms with van der Waals surface area (Å²) in [5.74, 6) is 0. The van der Waals surface area contributed by atoms with Crippen LogP contribution in [0.25, 0.3) is 0 Å². The van der Waals surface area contributed by atoms with Crippen molar-refractivity contribution in [2.75, 3.05) is 0 Å². The summed E-state index contributed by atoms with van der Waals surface area (Å²) in [5, 5.41) is 2.46. The third-order valence-electron chi connectivity index (χ3n) is 2.55. The molecule has 2 atom stereocenters. The highest BCUT2D eigenvalue weighted by Crippen LogP contribution is 2.39. The van der Waals surface area contributed by atoms with Crippen LogP contribution in [0.5, 0.6) is 0 Å². The van der Waals surface area contributed by atoms with Gasteiger partial charge in [-0.3, -0.25) is 0 Å². The Kier molecular flexibility index (Phi) is 4.26. The van der Waals surface area contributed by atoms with Gasteiger partial charge in [-0.25, -0.2) is 0 Å². The average Bonchev–Trinajstić information content (AvgIpc) is 2.78. The molecule has 17 heavy (non-hydrogen) atoms. The van der Waals surface area contributed by atoms with Gasteiger partial charge < -0.3 is 5.73 Å². The Balaban J connectivity index is 2.19.